The Morgan fingerprint density at radius 2 is 1.54 bits per heavy atom. The summed E-state index contributed by atoms with van der Waals surface area (Å²) in [5, 5.41) is 6.19. The van der Waals surface area contributed by atoms with E-state index in [-0.39, 0.29) is 5.91 Å². The lowest BCUT2D eigenvalue weighted by Crippen LogP contribution is -2.13. The van der Waals surface area contributed by atoms with Crippen LogP contribution >= 0.6 is 0 Å². The molecule has 0 aliphatic rings. The van der Waals surface area contributed by atoms with Gasteiger partial charge in [0.1, 0.15) is 0 Å². The van der Waals surface area contributed by atoms with Crippen LogP contribution in [0.4, 0.5) is 17.1 Å². The summed E-state index contributed by atoms with van der Waals surface area (Å²) in [4.78, 5) is 14.6. The van der Waals surface area contributed by atoms with E-state index in [2.05, 4.69) is 22.5 Å². The molecule has 0 spiro atoms. The molecule has 0 unspecified atom stereocenters. The van der Waals surface area contributed by atoms with Crippen molar-refractivity contribution in [2.75, 3.05) is 51.7 Å². The number of nitrogens with one attached hydrogen (secondary N) is 2. The maximum atomic E-state index is 12.6. The van der Waals surface area contributed by atoms with Gasteiger partial charge in [-0.25, -0.2) is 0 Å². The molecule has 7 heteroatoms. The van der Waals surface area contributed by atoms with E-state index in [4.69, 9.17) is 15.2 Å². The highest BCUT2D eigenvalue weighted by Gasteiger charge is 2.09. The van der Waals surface area contributed by atoms with E-state index in [0.29, 0.717) is 35.0 Å². The normalized spacial score (nSPS) is 9.43. The molecule has 0 aromatic heterocycles. The molecular weight excluding hydrogens is 464 g/mol. The molecule has 0 aliphatic carbocycles. The van der Waals surface area contributed by atoms with Gasteiger partial charge in [-0.15, -0.1) is 5.92 Å². The van der Waals surface area contributed by atoms with E-state index in [9.17, 15) is 4.79 Å². The minimum atomic E-state index is -0.229. The van der Waals surface area contributed by atoms with Gasteiger partial charge in [-0.3, -0.25) is 4.79 Å². The highest BCUT2D eigenvalue weighted by Crippen LogP contribution is 2.30. The number of carbonyl (C=O) groups is 1. The average Bonchev–Trinajstić information content (AvgIpc) is 2.90. The van der Waals surface area contributed by atoms with Crippen molar-refractivity contribution >= 4 is 23.0 Å². The molecular formula is C30H40N4O3. The summed E-state index contributed by atoms with van der Waals surface area (Å²) >= 11 is 0. The molecule has 1 amide bonds. The van der Waals surface area contributed by atoms with E-state index >= 15 is 0 Å². The number of hydrogen-bond donors (Lipinski definition) is 3. The van der Waals surface area contributed by atoms with E-state index in [1.54, 1.807) is 45.4 Å². The summed E-state index contributed by atoms with van der Waals surface area (Å²) < 4.78 is 10.6. The molecule has 3 rings (SSSR count). The zero-order valence-corrected chi connectivity index (χ0v) is 23.2. The second-order valence-electron chi connectivity index (χ2n) is 8.09. The van der Waals surface area contributed by atoms with Crippen molar-refractivity contribution in [2.45, 2.75) is 27.3 Å². The lowest BCUT2D eigenvalue weighted by molar-refractivity contribution is 0.102. The van der Waals surface area contributed by atoms with Gasteiger partial charge in [-0.1, -0.05) is 31.9 Å². The lowest BCUT2D eigenvalue weighted by Gasteiger charge is -2.12. The molecule has 4 N–H and O–H groups in total. The van der Waals surface area contributed by atoms with E-state index < -0.39 is 0 Å². The van der Waals surface area contributed by atoms with Gasteiger partial charge in [0.25, 0.3) is 5.91 Å². The molecule has 198 valence electrons. The van der Waals surface area contributed by atoms with Gasteiger partial charge in [0.15, 0.2) is 11.5 Å². The summed E-state index contributed by atoms with van der Waals surface area (Å²) in [6.07, 6.45) is 0. The number of nitrogens with two attached hydrogens (primary N) is 1. The molecule has 37 heavy (non-hydrogen) atoms. The Morgan fingerprint density at radius 3 is 2.11 bits per heavy atom. The van der Waals surface area contributed by atoms with Crippen molar-refractivity contribution < 1.29 is 14.3 Å². The van der Waals surface area contributed by atoms with E-state index in [0.717, 1.165) is 16.8 Å². The number of methoxy groups -OCH3 is 2. The fraction of sp³-hybridized carbons (Fsp3) is 0.300. The molecule has 0 bridgehead atoms. The highest BCUT2D eigenvalue weighted by atomic mass is 16.5. The molecule has 0 atom stereocenters. The predicted molar refractivity (Wildman–Crippen MR) is 156 cm³/mol. The van der Waals surface area contributed by atoms with Gasteiger partial charge in [0.2, 0.25) is 0 Å². The third kappa shape index (κ3) is 10.6. The standard InChI is InChI=1S/C25H25N3O3.C3H9N.C2H6/c1-4-5-17-8-12-21(26)22(14-17)28-25(29)19-9-6-18(7-10-19)16-27-20-11-13-23(30-2)24(15-20)31-3;1-4(2)3;1-2/h6-15,27H,16,26H2,1-3H3,(H,28,29);1-3H3;1-2H3. The van der Waals surface area contributed by atoms with Crippen LogP contribution in [0.5, 0.6) is 11.5 Å². The number of carbonyl (C=O) groups excluding carboxylic acids is 1. The second kappa shape index (κ2) is 16.5. The topological polar surface area (TPSA) is 88.8 Å². The Bertz CT molecular complexity index is 1180. The van der Waals surface area contributed by atoms with Crippen LogP contribution in [-0.2, 0) is 6.54 Å². The Morgan fingerprint density at radius 1 is 0.919 bits per heavy atom. The number of ether oxygens (including phenoxy) is 2. The molecule has 7 nitrogen and oxygen atoms in total. The fourth-order valence-corrected chi connectivity index (χ4v) is 3.01. The summed E-state index contributed by atoms with van der Waals surface area (Å²) in [6.45, 7) is 6.36. The Labute approximate surface area is 222 Å². The number of amides is 1. The first-order valence-electron chi connectivity index (χ1n) is 12.1. The van der Waals surface area contributed by atoms with Crippen molar-refractivity contribution in [3.63, 3.8) is 0 Å². The molecule has 0 fully saturated rings. The van der Waals surface area contributed by atoms with Gasteiger partial charge in [0, 0.05) is 29.4 Å². The van der Waals surface area contributed by atoms with Crippen LogP contribution in [0.15, 0.2) is 60.7 Å². The zero-order chi connectivity index (χ0) is 27.8. The van der Waals surface area contributed by atoms with Crippen molar-refractivity contribution in [2.24, 2.45) is 0 Å². The summed E-state index contributed by atoms with van der Waals surface area (Å²) in [5.74, 6) is 6.90. The smallest absolute Gasteiger partial charge is 0.255 e. The molecule has 0 aliphatic heterocycles. The second-order valence-corrected chi connectivity index (χ2v) is 8.09. The molecule has 0 saturated heterocycles. The number of rotatable bonds is 7. The van der Waals surface area contributed by atoms with Crippen molar-refractivity contribution in [3.05, 3.63) is 77.4 Å². The summed E-state index contributed by atoms with van der Waals surface area (Å²) in [6, 6.07) is 18.4. The van der Waals surface area contributed by atoms with Crippen LogP contribution in [0.3, 0.4) is 0 Å². The predicted octanol–water partition coefficient (Wildman–Crippen LogP) is 5.73. The van der Waals surface area contributed by atoms with Crippen LogP contribution in [0.1, 0.15) is 42.3 Å². The van der Waals surface area contributed by atoms with Crippen LogP contribution in [-0.4, -0.2) is 46.2 Å². The zero-order valence-electron chi connectivity index (χ0n) is 23.2. The largest absolute Gasteiger partial charge is 0.493 e. The summed E-state index contributed by atoms with van der Waals surface area (Å²) in [5.41, 5.74) is 10.3. The molecule has 0 heterocycles. The molecule has 3 aromatic rings. The van der Waals surface area contributed by atoms with Gasteiger partial charge in [0.05, 0.1) is 25.6 Å². The third-order valence-corrected chi connectivity index (χ3v) is 4.67. The minimum absolute atomic E-state index is 0.229. The first-order valence-corrected chi connectivity index (χ1v) is 12.1. The number of anilines is 3. The maximum Gasteiger partial charge on any atom is 0.255 e. The molecule has 0 radical (unpaired) electrons. The van der Waals surface area contributed by atoms with Gasteiger partial charge >= 0.3 is 0 Å². The van der Waals surface area contributed by atoms with Crippen LogP contribution < -0.4 is 25.8 Å². The average molecular weight is 505 g/mol. The lowest BCUT2D eigenvalue weighted by atomic mass is 10.1. The minimum Gasteiger partial charge on any atom is -0.493 e. The van der Waals surface area contributed by atoms with Crippen LogP contribution in [0.2, 0.25) is 0 Å². The highest BCUT2D eigenvalue weighted by molar-refractivity contribution is 6.05. The first-order chi connectivity index (χ1) is 17.8. The summed E-state index contributed by atoms with van der Waals surface area (Å²) in [7, 11) is 9.21. The van der Waals surface area contributed by atoms with Crippen molar-refractivity contribution in [3.8, 4) is 23.3 Å². The number of hydrogen-bond acceptors (Lipinski definition) is 6. The molecule has 3 aromatic carbocycles. The molecule has 0 saturated carbocycles. The monoisotopic (exact) mass is 504 g/mol. The van der Waals surface area contributed by atoms with Crippen LogP contribution in [0, 0.1) is 11.8 Å². The SMILES string of the molecule is CC.CC#Cc1ccc(N)c(NC(=O)c2ccc(CNc3ccc(OC)c(OC)c3)cc2)c1.CN(C)C. The Hall–Kier alpha value is -4.15. The quantitative estimate of drug-likeness (QED) is 0.281. The van der Waals surface area contributed by atoms with Gasteiger partial charge in [-0.05, 0) is 76.1 Å². The maximum absolute atomic E-state index is 12.6. The number of benzene rings is 3. The fourth-order valence-electron chi connectivity index (χ4n) is 3.01. The van der Waals surface area contributed by atoms with Crippen molar-refractivity contribution in [1.29, 1.82) is 0 Å². The number of nitrogen functional groups attached to an aromatic ring is 1. The number of nitrogens with zero attached hydrogens (tertiary/aromatic N) is 1. The third-order valence-electron chi connectivity index (χ3n) is 4.67. The van der Waals surface area contributed by atoms with E-state index in [1.807, 2.05) is 76.3 Å². The Balaban J connectivity index is 0.00000104. The first kappa shape index (κ1) is 30.9. The van der Waals surface area contributed by atoms with Gasteiger partial charge in [-0.2, -0.15) is 0 Å². The van der Waals surface area contributed by atoms with Crippen molar-refractivity contribution in [1.82, 2.24) is 4.90 Å². The Kier molecular flexibility index (Phi) is 13.8. The van der Waals surface area contributed by atoms with E-state index in [1.165, 1.54) is 0 Å². The van der Waals surface area contributed by atoms with Gasteiger partial charge < -0.3 is 30.7 Å². The van der Waals surface area contributed by atoms with Crippen LogP contribution in [0.25, 0.3) is 0 Å².